The van der Waals surface area contributed by atoms with Crippen LogP contribution in [0.2, 0.25) is 0 Å². The molecular weight excluding hydrogens is 258 g/mol. The average molecular weight is 271 g/mol. The van der Waals surface area contributed by atoms with Gasteiger partial charge in [-0.05, 0) is 12.1 Å². The van der Waals surface area contributed by atoms with Gasteiger partial charge in [-0.25, -0.2) is 0 Å². The minimum atomic E-state index is -0.258. The summed E-state index contributed by atoms with van der Waals surface area (Å²) in [5.74, 6) is 0.274. The van der Waals surface area contributed by atoms with Crippen LogP contribution in [0.3, 0.4) is 0 Å². The molecule has 0 saturated heterocycles. The molecule has 0 unspecified atom stereocenters. The molecule has 7 heteroatoms. The van der Waals surface area contributed by atoms with Gasteiger partial charge in [0.05, 0.1) is 24.3 Å². The molecule has 20 heavy (non-hydrogen) atoms. The van der Waals surface area contributed by atoms with Gasteiger partial charge >= 0.3 is 0 Å². The zero-order valence-electron chi connectivity index (χ0n) is 10.9. The number of pyridine rings is 1. The van der Waals surface area contributed by atoms with Gasteiger partial charge in [-0.2, -0.15) is 5.10 Å². The molecule has 0 aliphatic carbocycles. The van der Waals surface area contributed by atoms with Crippen LogP contribution in [0, 0.1) is 0 Å². The van der Waals surface area contributed by atoms with Gasteiger partial charge in [0.25, 0.3) is 5.91 Å². The topological polar surface area (TPSA) is 91.0 Å². The molecule has 0 aromatic carbocycles. The van der Waals surface area contributed by atoms with Gasteiger partial charge in [0, 0.05) is 24.9 Å². The summed E-state index contributed by atoms with van der Waals surface area (Å²) in [6.07, 6.45) is 3.10. The second kappa shape index (κ2) is 4.76. The molecule has 2 amide bonds. The van der Waals surface area contributed by atoms with Gasteiger partial charge < -0.3 is 10.2 Å². The summed E-state index contributed by atoms with van der Waals surface area (Å²) < 4.78 is 0. The number of aromatic nitrogens is 3. The summed E-state index contributed by atoms with van der Waals surface area (Å²) in [6.45, 7) is 2.46. The maximum Gasteiger partial charge on any atom is 0.258 e. The van der Waals surface area contributed by atoms with Crippen molar-refractivity contribution in [3.63, 3.8) is 0 Å². The number of rotatable bonds is 2. The monoisotopic (exact) mass is 271 g/mol. The maximum atomic E-state index is 12.0. The van der Waals surface area contributed by atoms with Crippen molar-refractivity contribution in [2.24, 2.45) is 0 Å². The van der Waals surface area contributed by atoms with Crippen LogP contribution in [0.1, 0.15) is 28.5 Å². The fourth-order valence-corrected chi connectivity index (χ4v) is 2.14. The summed E-state index contributed by atoms with van der Waals surface area (Å²) in [7, 11) is 0. The predicted molar refractivity (Wildman–Crippen MR) is 70.7 cm³/mol. The smallest absolute Gasteiger partial charge is 0.258 e. The van der Waals surface area contributed by atoms with E-state index in [9.17, 15) is 9.59 Å². The van der Waals surface area contributed by atoms with Crippen LogP contribution in [0.4, 0.5) is 5.82 Å². The lowest BCUT2D eigenvalue weighted by Crippen LogP contribution is -2.23. The van der Waals surface area contributed by atoms with Gasteiger partial charge in [-0.15, -0.1) is 0 Å². The summed E-state index contributed by atoms with van der Waals surface area (Å²) >= 11 is 0. The quantitative estimate of drug-likeness (QED) is 0.849. The van der Waals surface area contributed by atoms with Gasteiger partial charge in [0.2, 0.25) is 5.91 Å². The number of hydrogen-bond acceptors (Lipinski definition) is 4. The van der Waals surface area contributed by atoms with Crippen LogP contribution in [0.25, 0.3) is 0 Å². The molecule has 2 aromatic rings. The highest BCUT2D eigenvalue weighted by Gasteiger charge is 2.27. The number of fused-ring (bicyclic) bond motifs is 1. The Morgan fingerprint density at radius 1 is 1.40 bits per heavy atom. The molecular formula is C13H13N5O2. The van der Waals surface area contributed by atoms with Crippen LogP contribution in [0.5, 0.6) is 0 Å². The van der Waals surface area contributed by atoms with Gasteiger partial charge in [0.15, 0.2) is 0 Å². The van der Waals surface area contributed by atoms with Crippen molar-refractivity contribution < 1.29 is 9.59 Å². The third-order valence-corrected chi connectivity index (χ3v) is 3.25. The lowest BCUT2D eigenvalue weighted by Gasteiger charge is -2.12. The maximum absolute atomic E-state index is 12.0. The van der Waals surface area contributed by atoms with Crippen molar-refractivity contribution >= 4 is 17.6 Å². The zero-order valence-corrected chi connectivity index (χ0v) is 10.9. The number of nitrogens with zero attached hydrogens (tertiary/aromatic N) is 3. The third-order valence-electron chi connectivity index (χ3n) is 3.25. The van der Waals surface area contributed by atoms with Crippen molar-refractivity contribution in [1.82, 2.24) is 20.1 Å². The number of hydrogen-bond donors (Lipinski definition) is 2. The Morgan fingerprint density at radius 2 is 2.25 bits per heavy atom. The van der Waals surface area contributed by atoms with Crippen molar-refractivity contribution in [3.8, 4) is 0 Å². The Morgan fingerprint density at radius 3 is 2.95 bits per heavy atom. The Kier molecular flexibility index (Phi) is 2.94. The summed E-state index contributed by atoms with van der Waals surface area (Å²) in [5.41, 5.74) is 2.12. The molecule has 3 heterocycles. The molecule has 0 atom stereocenters. The lowest BCUT2D eigenvalue weighted by molar-refractivity contribution is -0.129. The molecule has 3 rings (SSSR count). The van der Waals surface area contributed by atoms with E-state index in [-0.39, 0.29) is 11.8 Å². The van der Waals surface area contributed by atoms with Crippen LogP contribution < -0.4 is 5.32 Å². The summed E-state index contributed by atoms with van der Waals surface area (Å²) in [4.78, 5) is 29.0. The molecule has 0 fully saturated rings. The first-order valence-corrected chi connectivity index (χ1v) is 6.18. The highest BCUT2D eigenvalue weighted by atomic mass is 16.2. The van der Waals surface area contributed by atoms with Crippen LogP contribution in [-0.2, 0) is 17.9 Å². The lowest BCUT2D eigenvalue weighted by atomic mass is 10.2. The SMILES string of the molecule is CC(=O)N1Cc2n[nH]c(NC(=O)c3cccnc3)c2C1. The summed E-state index contributed by atoms with van der Waals surface area (Å²) in [5, 5.41) is 9.69. The van der Waals surface area contributed by atoms with Crippen LogP contribution in [-0.4, -0.2) is 31.9 Å². The number of amides is 2. The van der Waals surface area contributed by atoms with E-state index in [0.717, 1.165) is 11.3 Å². The molecule has 2 aromatic heterocycles. The van der Waals surface area contributed by atoms with Crippen molar-refractivity contribution in [2.75, 3.05) is 5.32 Å². The highest BCUT2D eigenvalue weighted by molar-refractivity contribution is 6.04. The van der Waals surface area contributed by atoms with Crippen molar-refractivity contribution in [1.29, 1.82) is 0 Å². The molecule has 1 aliphatic rings. The normalized spacial score (nSPS) is 13.2. The van der Waals surface area contributed by atoms with E-state index in [1.165, 1.54) is 13.1 Å². The van der Waals surface area contributed by atoms with E-state index in [4.69, 9.17) is 0 Å². The van der Waals surface area contributed by atoms with Crippen LogP contribution >= 0.6 is 0 Å². The number of aromatic amines is 1. The standard InChI is InChI=1S/C13H13N5O2/c1-8(19)18-6-10-11(7-18)16-17-12(10)15-13(20)9-3-2-4-14-5-9/h2-5H,6-7H2,1H3,(H2,15,16,17,20). The van der Waals surface area contributed by atoms with Crippen molar-refractivity contribution in [3.05, 3.63) is 41.3 Å². The first-order valence-electron chi connectivity index (χ1n) is 6.18. The Labute approximate surface area is 115 Å². The van der Waals surface area contributed by atoms with E-state index in [2.05, 4.69) is 20.5 Å². The average Bonchev–Trinajstić information content (AvgIpc) is 3.02. The van der Waals surface area contributed by atoms with E-state index in [1.54, 1.807) is 23.2 Å². The molecule has 0 bridgehead atoms. The second-order valence-electron chi connectivity index (χ2n) is 4.59. The highest BCUT2D eigenvalue weighted by Crippen LogP contribution is 2.27. The van der Waals surface area contributed by atoms with E-state index in [0.29, 0.717) is 24.5 Å². The number of nitrogens with one attached hydrogen (secondary N) is 2. The molecule has 102 valence electrons. The minimum Gasteiger partial charge on any atom is -0.332 e. The van der Waals surface area contributed by atoms with Crippen LogP contribution in [0.15, 0.2) is 24.5 Å². The van der Waals surface area contributed by atoms with E-state index < -0.39 is 0 Å². The zero-order chi connectivity index (χ0) is 14.1. The van der Waals surface area contributed by atoms with Gasteiger partial charge in [-0.1, -0.05) is 0 Å². The molecule has 0 radical (unpaired) electrons. The fraction of sp³-hybridized carbons (Fsp3) is 0.231. The Balaban J connectivity index is 1.78. The largest absolute Gasteiger partial charge is 0.332 e. The Hall–Kier alpha value is -2.70. The van der Waals surface area contributed by atoms with Crippen molar-refractivity contribution in [2.45, 2.75) is 20.0 Å². The number of carbonyl (C=O) groups excluding carboxylic acids is 2. The van der Waals surface area contributed by atoms with E-state index in [1.807, 2.05) is 0 Å². The first kappa shape index (κ1) is 12.3. The molecule has 0 spiro atoms. The van der Waals surface area contributed by atoms with Gasteiger partial charge in [0.1, 0.15) is 5.82 Å². The molecule has 7 nitrogen and oxygen atoms in total. The van der Waals surface area contributed by atoms with E-state index >= 15 is 0 Å². The number of carbonyl (C=O) groups is 2. The molecule has 2 N–H and O–H groups in total. The minimum absolute atomic E-state index is 0.00691. The number of H-pyrrole nitrogens is 1. The number of anilines is 1. The first-order chi connectivity index (χ1) is 9.65. The molecule has 1 aliphatic heterocycles. The summed E-state index contributed by atoms with van der Waals surface area (Å²) in [6, 6.07) is 3.38. The predicted octanol–water partition coefficient (Wildman–Crippen LogP) is 0.919. The Bertz CT molecular complexity index is 665. The second-order valence-corrected chi connectivity index (χ2v) is 4.59. The third kappa shape index (κ3) is 2.13. The fourth-order valence-electron chi connectivity index (χ4n) is 2.14. The van der Waals surface area contributed by atoms with Gasteiger partial charge in [-0.3, -0.25) is 19.7 Å². The molecule has 0 saturated carbocycles.